The van der Waals surface area contributed by atoms with Gasteiger partial charge >= 0.3 is 0 Å². The van der Waals surface area contributed by atoms with Crippen LogP contribution >= 0.6 is 22.9 Å². The zero-order valence-electron chi connectivity index (χ0n) is 11.5. The molecule has 0 bridgehead atoms. The van der Waals surface area contributed by atoms with Crippen LogP contribution in [0.15, 0.2) is 12.1 Å². The summed E-state index contributed by atoms with van der Waals surface area (Å²) in [4.78, 5) is 25.5. The number of carbonyl (C=O) groups excluding carboxylic acids is 2. The third-order valence-corrected chi connectivity index (χ3v) is 5.04. The fourth-order valence-corrected chi connectivity index (χ4v) is 3.92. The van der Waals surface area contributed by atoms with Gasteiger partial charge in [-0.15, -0.1) is 11.3 Å². The van der Waals surface area contributed by atoms with E-state index in [-0.39, 0.29) is 11.7 Å². The van der Waals surface area contributed by atoms with E-state index >= 15 is 0 Å². The monoisotopic (exact) mass is 336 g/mol. The molecule has 0 aromatic carbocycles. The minimum atomic E-state index is -1.31. The molecular formula is C12H17ClN2O3S2. The Morgan fingerprint density at radius 1 is 1.45 bits per heavy atom. The molecule has 20 heavy (non-hydrogen) atoms. The lowest BCUT2D eigenvalue weighted by atomic mass is 10.3. The van der Waals surface area contributed by atoms with Crippen molar-refractivity contribution >= 4 is 45.6 Å². The molecule has 0 aliphatic carbocycles. The van der Waals surface area contributed by atoms with Crippen molar-refractivity contribution in [3.63, 3.8) is 0 Å². The molecule has 0 fully saturated rings. The second-order valence-electron chi connectivity index (χ2n) is 4.46. The van der Waals surface area contributed by atoms with Gasteiger partial charge in [0.25, 0.3) is 0 Å². The number of nitrogens with zero attached hydrogens (tertiary/aromatic N) is 1. The number of rotatable bonds is 6. The predicted molar refractivity (Wildman–Crippen MR) is 82.3 cm³/mol. The highest BCUT2D eigenvalue weighted by Crippen LogP contribution is 2.22. The van der Waals surface area contributed by atoms with Crippen molar-refractivity contribution in [1.82, 2.24) is 10.2 Å². The minimum Gasteiger partial charge on any atom is -0.347 e. The smallest absolute Gasteiger partial charge is 0.244 e. The third kappa shape index (κ3) is 5.60. The maximum Gasteiger partial charge on any atom is 0.244 e. The summed E-state index contributed by atoms with van der Waals surface area (Å²) in [7, 11) is 1.92. The van der Waals surface area contributed by atoms with Gasteiger partial charge < -0.3 is 10.2 Å². The Morgan fingerprint density at radius 2 is 2.10 bits per heavy atom. The normalized spacial score (nSPS) is 13.6. The van der Waals surface area contributed by atoms with Crippen LogP contribution in [0.5, 0.6) is 0 Å². The van der Waals surface area contributed by atoms with E-state index in [1.54, 1.807) is 33.2 Å². The highest BCUT2D eigenvalue weighted by molar-refractivity contribution is 7.85. The van der Waals surface area contributed by atoms with Crippen LogP contribution in [0.4, 0.5) is 0 Å². The molecule has 0 saturated carbocycles. The Kier molecular flexibility index (Phi) is 6.64. The molecule has 0 aliphatic heterocycles. The summed E-state index contributed by atoms with van der Waals surface area (Å²) in [5, 5.41) is 2.54. The molecular weight excluding hydrogens is 320 g/mol. The number of carbonyl (C=O) groups is 2. The van der Waals surface area contributed by atoms with Gasteiger partial charge in [-0.25, -0.2) is 0 Å². The quantitative estimate of drug-likeness (QED) is 0.850. The van der Waals surface area contributed by atoms with Crippen LogP contribution in [0.2, 0.25) is 4.34 Å². The van der Waals surface area contributed by atoms with Crippen molar-refractivity contribution in [2.45, 2.75) is 18.7 Å². The van der Waals surface area contributed by atoms with Crippen molar-refractivity contribution < 1.29 is 13.8 Å². The van der Waals surface area contributed by atoms with E-state index in [1.165, 1.54) is 16.2 Å². The van der Waals surface area contributed by atoms with Crippen molar-refractivity contribution in [3.8, 4) is 0 Å². The fourth-order valence-electron chi connectivity index (χ4n) is 1.52. The molecule has 5 nitrogen and oxygen atoms in total. The topological polar surface area (TPSA) is 66.5 Å². The summed E-state index contributed by atoms with van der Waals surface area (Å²) in [5.41, 5.74) is 0. The van der Waals surface area contributed by atoms with Gasteiger partial charge in [-0.1, -0.05) is 11.6 Å². The van der Waals surface area contributed by atoms with Crippen LogP contribution in [0.3, 0.4) is 0 Å². The van der Waals surface area contributed by atoms with Crippen LogP contribution < -0.4 is 5.32 Å². The van der Waals surface area contributed by atoms with E-state index in [4.69, 9.17) is 11.6 Å². The fraction of sp³-hybridized carbons (Fsp3) is 0.500. The molecule has 0 saturated heterocycles. The summed E-state index contributed by atoms with van der Waals surface area (Å²) in [6.07, 6.45) is 0. The summed E-state index contributed by atoms with van der Waals surface area (Å²) in [6, 6.07) is 2.91. The third-order valence-electron chi connectivity index (χ3n) is 2.41. The average molecular weight is 337 g/mol. The van der Waals surface area contributed by atoms with Crippen LogP contribution in [-0.2, 0) is 26.1 Å². The second-order valence-corrected chi connectivity index (χ2v) is 7.71. The van der Waals surface area contributed by atoms with Crippen molar-refractivity contribution in [2.75, 3.05) is 19.8 Å². The van der Waals surface area contributed by atoms with E-state index < -0.39 is 22.7 Å². The van der Waals surface area contributed by atoms with Gasteiger partial charge in [0.15, 0.2) is 0 Å². The SMILES string of the molecule is C[C@H](NC(=O)C[S@@](=O)Cc1ccc(Cl)s1)C(=O)N(C)C. The number of hydrogen-bond donors (Lipinski definition) is 1. The van der Waals surface area contributed by atoms with Gasteiger partial charge in [-0.05, 0) is 19.1 Å². The Hall–Kier alpha value is -0.920. The van der Waals surface area contributed by atoms with Crippen LogP contribution in [0, 0.1) is 0 Å². The molecule has 8 heteroatoms. The molecule has 0 unspecified atom stereocenters. The first kappa shape index (κ1) is 17.1. The van der Waals surface area contributed by atoms with Gasteiger partial charge in [-0.2, -0.15) is 0 Å². The Labute approximate surface area is 129 Å². The zero-order chi connectivity index (χ0) is 15.3. The number of hydrogen-bond acceptors (Lipinski definition) is 4. The van der Waals surface area contributed by atoms with Gasteiger partial charge in [0.05, 0.1) is 10.1 Å². The van der Waals surface area contributed by atoms with Crippen molar-refractivity contribution in [2.24, 2.45) is 0 Å². The molecule has 112 valence electrons. The molecule has 2 amide bonds. The Morgan fingerprint density at radius 3 is 2.60 bits per heavy atom. The summed E-state index contributed by atoms with van der Waals surface area (Å²) < 4.78 is 12.5. The molecule has 1 aromatic heterocycles. The second kappa shape index (κ2) is 7.75. The Balaban J connectivity index is 2.42. The first-order chi connectivity index (χ1) is 9.29. The van der Waals surface area contributed by atoms with E-state index in [0.717, 1.165) is 4.88 Å². The maximum absolute atomic E-state index is 11.8. The highest BCUT2D eigenvalue weighted by atomic mass is 35.5. The summed E-state index contributed by atoms with van der Waals surface area (Å²) >= 11 is 7.13. The number of nitrogens with one attached hydrogen (secondary N) is 1. The first-order valence-electron chi connectivity index (χ1n) is 5.89. The minimum absolute atomic E-state index is 0.124. The lowest BCUT2D eigenvalue weighted by molar-refractivity contribution is -0.133. The Bertz CT molecular complexity index is 517. The van der Waals surface area contributed by atoms with Gasteiger partial charge in [0.2, 0.25) is 11.8 Å². The molecule has 1 rings (SSSR count). The number of halogens is 1. The van der Waals surface area contributed by atoms with E-state index in [9.17, 15) is 13.8 Å². The van der Waals surface area contributed by atoms with Crippen molar-refractivity contribution in [3.05, 3.63) is 21.3 Å². The summed E-state index contributed by atoms with van der Waals surface area (Å²) in [6.45, 7) is 1.60. The van der Waals surface area contributed by atoms with Crippen LogP contribution in [-0.4, -0.2) is 46.8 Å². The number of likely N-dealkylation sites (N-methyl/N-ethyl adjacent to an activating group) is 1. The van der Waals surface area contributed by atoms with Crippen LogP contribution in [0.1, 0.15) is 11.8 Å². The molecule has 0 radical (unpaired) electrons. The molecule has 0 spiro atoms. The highest BCUT2D eigenvalue weighted by Gasteiger charge is 2.18. The number of thiophene rings is 1. The van der Waals surface area contributed by atoms with Crippen LogP contribution in [0.25, 0.3) is 0 Å². The van der Waals surface area contributed by atoms with Gasteiger partial charge in [0, 0.05) is 29.8 Å². The molecule has 0 aliphatic rings. The number of amides is 2. The lowest BCUT2D eigenvalue weighted by Crippen LogP contribution is -2.45. The molecule has 1 heterocycles. The van der Waals surface area contributed by atoms with E-state index in [1.807, 2.05) is 0 Å². The molecule has 1 aromatic rings. The predicted octanol–water partition coefficient (Wildman–Crippen LogP) is 1.24. The maximum atomic E-state index is 11.8. The average Bonchev–Trinajstić information content (AvgIpc) is 2.72. The van der Waals surface area contributed by atoms with E-state index in [2.05, 4.69) is 5.32 Å². The van der Waals surface area contributed by atoms with Gasteiger partial charge in [-0.3, -0.25) is 13.8 Å². The van der Waals surface area contributed by atoms with E-state index in [0.29, 0.717) is 10.1 Å². The largest absolute Gasteiger partial charge is 0.347 e. The standard InChI is InChI=1S/C12H17ClN2O3S2/c1-8(12(17)15(2)3)14-11(16)7-20(18)6-9-4-5-10(13)19-9/h4-5,8H,6-7H2,1-3H3,(H,14,16)/t8-,20-/m0/s1. The molecule has 1 N–H and O–H groups in total. The lowest BCUT2D eigenvalue weighted by Gasteiger charge is -2.17. The summed E-state index contributed by atoms with van der Waals surface area (Å²) in [5.74, 6) is -0.427. The molecule has 2 atom stereocenters. The van der Waals surface area contributed by atoms with Crippen molar-refractivity contribution in [1.29, 1.82) is 0 Å². The zero-order valence-corrected chi connectivity index (χ0v) is 13.9. The first-order valence-corrected chi connectivity index (χ1v) is 8.57. The van der Waals surface area contributed by atoms with Gasteiger partial charge in [0.1, 0.15) is 11.8 Å².